The summed E-state index contributed by atoms with van der Waals surface area (Å²) < 4.78 is 0. The number of hydrogen-bond donors (Lipinski definition) is 2. The van der Waals surface area contributed by atoms with Gasteiger partial charge in [0.1, 0.15) is 5.82 Å². The van der Waals surface area contributed by atoms with Gasteiger partial charge in [0.05, 0.1) is 0 Å². The number of hydrogen-bond acceptors (Lipinski definition) is 3. The van der Waals surface area contributed by atoms with E-state index < -0.39 is 0 Å². The van der Waals surface area contributed by atoms with Gasteiger partial charge in [0, 0.05) is 18.4 Å². The van der Waals surface area contributed by atoms with Crippen molar-refractivity contribution in [2.45, 2.75) is 37.5 Å². The minimum absolute atomic E-state index is 0. The van der Waals surface area contributed by atoms with Crippen molar-refractivity contribution < 1.29 is 0 Å². The highest BCUT2D eigenvalue weighted by molar-refractivity contribution is 5.85. The molecule has 0 spiro atoms. The number of aromatic nitrogens is 3. The number of nitrogens with one attached hydrogen (secondary N) is 2. The molecule has 1 unspecified atom stereocenters. The second-order valence-electron chi connectivity index (χ2n) is 4.40. The van der Waals surface area contributed by atoms with E-state index in [9.17, 15) is 0 Å². The number of rotatable bonds is 2. The van der Waals surface area contributed by atoms with Gasteiger partial charge in [-0.1, -0.05) is 0 Å². The van der Waals surface area contributed by atoms with Crippen molar-refractivity contribution in [3.05, 3.63) is 11.6 Å². The minimum Gasteiger partial charge on any atom is -0.316 e. The number of H-pyrrole nitrogens is 1. The number of nitrogens with zero attached hydrogens (tertiary/aromatic N) is 2. The Kier molecular flexibility index (Phi) is 5.02. The molecule has 3 rings (SSSR count). The molecule has 1 atom stereocenters. The van der Waals surface area contributed by atoms with E-state index in [1.54, 1.807) is 0 Å². The Morgan fingerprint density at radius 1 is 1.06 bits per heavy atom. The lowest BCUT2D eigenvalue weighted by Crippen LogP contribution is -2.28. The van der Waals surface area contributed by atoms with Crippen LogP contribution in [-0.2, 0) is 0 Å². The van der Waals surface area contributed by atoms with E-state index in [1.807, 2.05) is 0 Å². The fourth-order valence-electron chi connectivity index (χ4n) is 2.08. The van der Waals surface area contributed by atoms with E-state index in [4.69, 9.17) is 0 Å². The quantitative estimate of drug-likeness (QED) is 0.859. The molecule has 2 N–H and O–H groups in total. The first-order chi connectivity index (χ1) is 6.93. The van der Waals surface area contributed by atoms with Crippen LogP contribution in [0.1, 0.15) is 49.2 Å². The van der Waals surface area contributed by atoms with Crippen molar-refractivity contribution in [2.24, 2.45) is 0 Å². The maximum atomic E-state index is 4.59. The van der Waals surface area contributed by atoms with E-state index >= 15 is 0 Å². The number of halogens is 2. The molecule has 1 saturated carbocycles. The lowest BCUT2D eigenvalue weighted by Gasteiger charge is -2.19. The van der Waals surface area contributed by atoms with E-state index in [0.717, 1.165) is 24.7 Å². The predicted octanol–water partition coefficient (Wildman–Crippen LogP) is 1.99. The highest BCUT2D eigenvalue weighted by atomic mass is 35.5. The smallest absolute Gasteiger partial charge is 0.155 e. The topological polar surface area (TPSA) is 53.6 Å². The average Bonchev–Trinajstić information content (AvgIpc) is 2.98. The molecular weight excluding hydrogens is 247 g/mol. The zero-order chi connectivity index (χ0) is 9.38. The van der Waals surface area contributed by atoms with Crippen LogP contribution in [0.2, 0.25) is 0 Å². The molecule has 92 valence electrons. The van der Waals surface area contributed by atoms with Crippen molar-refractivity contribution in [1.29, 1.82) is 0 Å². The average molecular weight is 265 g/mol. The molecule has 1 aromatic heterocycles. The SMILES string of the molecule is C1CNCC(c2n[nH]c(C3CC3)n2)C1.Cl.Cl. The molecule has 0 radical (unpaired) electrons. The Labute approximate surface area is 108 Å². The summed E-state index contributed by atoms with van der Waals surface area (Å²) in [6.45, 7) is 2.19. The van der Waals surface area contributed by atoms with Crippen LogP contribution in [0.4, 0.5) is 0 Å². The van der Waals surface area contributed by atoms with E-state index in [2.05, 4.69) is 20.5 Å². The first-order valence-corrected chi connectivity index (χ1v) is 5.56. The van der Waals surface area contributed by atoms with Crippen LogP contribution >= 0.6 is 24.8 Å². The van der Waals surface area contributed by atoms with Crippen LogP contribution < -0.4 is 5.32 Å². The highest BCUT2D eigenvalue weighted by Crippen LogP contribution is 2.38. The summed E-state index contributed by atoms with van der Waals surface area (Å²) in [5.74, 6) is 3.37. The van der Waals surface area contributed by atoms with Crippen LogP contribution in [0, 0.1) is 0 Å². The molecule has 2 heterocycles. The van der Waals surface area contributed by atoms with Crippen LogP contribution in [0.3, 0.4) is 0 Å². The fraction of sp³-hybridized carbons (Fsp3) is 0.800. The van der Waals surface area contributed by atoms with Gasteiger partial charge in [-0.15, -0.1) is 24.8 Å². The summed E-state index contributed by atoms with van der Waals surface area (Å²) in [4.78, 5) is 4.59. The van der Waals surface area contributed by atoms with Gasteiger partial charge in [-0.05, 0) is 32.2 Å². The van der Waals surface area contributed by atoms with Crippen LogP contribution in [0.25, 0.3) is 0 Å². The number of aromatic amines is 1. The Bertz CT molecular complexity index is 318. The van der Waals surface area contributed by atoms with Crippen LogP contribution in [-0.4, -0.2) is 28.3 Å². The molecular formula is C10H18Cl2N4. The van der Waals surface area contributed by atoms with E-state index in [0.29, 0.717) is 11.8 Å². The molecule has 2 fully saturated rings. The number of piperidine rings is 1. The summed E-state index contributed by atoms with van der Waals surface area (Å²) in [6.07, 6.45) is 5.06. The third kappa shape index (κ3) is 2.87. The lowest BCUT2D eigenvalue weighted by atomic mass is 9.99. The van der Waals surface area contributed by atoms with Gasteiger partial charge in [-0.3, -0.25) is 5.10 Å². The van der Waals surface area contributed by atoms with Gasteiger partial charge in [0.2, 0.25) is 0 Å². The summed E-state index contributed by atoms with van der Waals surface area (Å²) in [5.41, 5.74) is 0. The molecule has 4 nitrogen and oxygen atoms in total. The fourth-order valence-corrected chi connectivity index (χ4v) is 2.08. The Morgan fingerprint density at radius 3 is 2.50 bits per heavy atom. The molecule has 2 aliphatic rings. The summed E-state index contributed by atoms with van der Waals surface area (Å²) in [6, 6.07) is 0. The summed E-state index contributed by atoms with van der Waals surface area (Å²) in [5, 5.41) is 10.8. The van der Waals surface area contributed by atoms with E-state index in [-0.39, 0.29) is 24.8 Å². The maximum absolute atomic E-state index is 4.59. The largest absolute Gasteiger partial charge is 0.316 e. The van der Waals surface area contributed by atoms with Crippen LogP contribution in [0.5, 0.6) is 0 Å². The Hall–Kier alpha value is -0.320. The predicted molar refractivity (Wildman–Crippen MR) is 67.7 cm³/mol. The van der Waals surface area contributed by atoms with Crippen molar-refractivity contribution >= 4 is 24.8 Å². The second-order valence-corrected chi connectivity index (χ2v) is 4.40. The third-order valence-corrected chi connectivity index (χ3v) is 3.15. The van der Waals surface area contributed by atoms with Gasteiger partial charge in [-0.2, -0.15) is 5.10 Å². The second kappa shape index (κ2) is 5.84. The Balaban J connectivity index is 0.000000640. The zero-order valence-corrected chi connectivity index (χ0v) is 10.7. The summed E-state index contributed by atoms with van der Waals surface area (Å²) in [7, 11) is 0. The van der Waals surface area contributed by atoms with Crippen molar-refractivity contribution in [1.82, 2.24) is 20.5 Å². The molecule has 0 amide bonds. The molecule has 1 aromatic rings. The van der Waals surface area contributed by atoms with Gasteiger partial charge >= 0.3 is 0 Å². The molecule has 0 bridgehead atoms. The highest BCUT2D eigenvalue weighted by Gasteiger charge is 2.28. The van der Waals surface area contributed by atoms with Crippen LogP contribution in [0.15, 0.2) is 0 Å². The first kappa shape index (κ1) is 13.7. The van der Waals surface area contributed by atoms with Crippen molar-refractivity contribution in [2.75, 3.05) is 13.1 Å². The molecule has 6 heteroatoms. The molecule has 16 heavy (non-hydrogen) atoms. The Morgan fingerprint density at radius 2 is 1.88 bits per heavy atom. The van der Waals surface area contributed by atoms with Crippen molar-refractivity contribution in [3.63, 3.8) is 0 Å². The van der Waals surface area contributed by atoms with Gasteiger partial charge in [-0.25, -0.2) is 4.98 Å². The molecule has 1 saturated heterocycles. The molecule has 0 aromatic carbocycles. The normalized spacial score (nSPS) is 24.4. The lowest BCUT2D eigenvalue weighted by molar-refractivity contribution is 0.447. The van der Waals surface area contributed by atoms with Crippen molar-refractivity contribution in [3.8, 4) is 0 Å². The van der Waals surface area contributed by atoms with Gasteiger partial charge < -0.3 is 5.32 Å². The minimum atomic E-state index is 0. The van der Waals surface area contributed by atoms with Gasteiger partial charge in [0.15, 0.2) is 5.82 Å². The summed E-state index contributed by atoms with van der Waals surface area (Å²) >= 11 is 0. The van der Waals surface area contributed by atoms with E-state index in [1.165, 1.54) is 25.7 Å². The maximum Gasteiger partial charge on any atom is 0.155 e. The third-order valence-electron chi connectivity index (χ3n) is 3.15. The first-order valence-electron chi connectivity index (χ1n) is 5.56. The monoisotopic (exact) mass is 264 g/mol. The molecule has 1 aliphatic heterocycles. The zero-order valence-electron chi connectivity index (χ0n) is 9.11. The van der Waals surface area contributed by atoms with Gasteiger partial charge in [0.25, 0.3) is 0 Å². The standard InChI is InChI=1S/C10H16N4.2ClH/c1-2-8(6-11-5-1)10-12-9(13-14-10)7-3-4-7;;/h7-8,11H,1-6H2,(H,12,13,14);2*1H. The molecule has 1 aliphatic carbocycles.